The molecule has 1 fully saturated rings. The van der Waals surface area contributed by atoms with Crippen molar-refractivity contribution in [3.63, 3.8) is 0 Å². The highest BCUT2D eigenvalue weighted by Crippen LogP contribution is 2.32. The van der Waals surface area contributed by atoms with Gasteiger partial charge in [0.1, 0.15) is 12.7 Å². The van der Waals surface area contributed by atoms with Gasteiger partial charge in [-0.05, 0) is 6.92 Å². The van der Waals surface area contributed by atoms with Crippen LogP contribution < -0.4 is 9.79 Å². The molecule has 8 nitrogen and oxygen atoms in total. The van der Waals surface area contributed by atoms with Gasteiger partial charge in [0.2, 0.25) is 5.79 Å². The molecule has 1 saturated heterocycles. The largest absolute Gasteiger partial charge is 0.790 e. The van der Waals surface area contributed by atoms with Gasteiger partial charge < -0.3 is 38.9 Å². The fraction of sp³-hybridized carbons (Fsp3) is 1.00. The van der Waals surface area contributed by atoms with Gasteiger partial charge in [-0.25, -0.2) is 0 Å². The quantitative estimate of drug-likeness (QED) is 0.455. The first-order chi connectivity index (χ1) is 7.14. The van der Waals surface area contributed by atoms with Crippen molar-refractivity contribution >= 4 is 7.82 Å². The summed E-state index contributed by atoms with van der Waals surface area (Å²) < 4.78 is 18.9. The van der Waals surface area contributed by atoms with E-state index in [9.17, 15) is 29.7 Å². The Hall–Kier alpha value is -0.0500. The first kappa shape index (κ1) is 14.0. The van der Waals surface area contributed by atoms with Crippen LogP contribution in [0.4, 0.5) is 0 Å². The molecule has 3 N–H and O–H groups in total. The molecular weight excluding hydrogens is 243 g/mol. The van der Waals surface area contributed by atoms with Gasteiger partial charge >= 0.3 is 0 Å². The highest BCUT2D eigenvalue weighted by Gasteiger charge is 2.47. The molecule has 16 heavy (non-hydrogen) atoms. The van der Waals surface area contributed by atoms with E-state index in [1.54, 1.807) is 0 Å². The molecule has 0 aromatic heterocycles. The molecular formula is C7H13O8P-2. The minimum atomic E-state index is -5.27. The summed E-state index contributed by atoms with van der Waals surface area (Å²) in [6.07, 6.45) is -3.55. The Labute approximate surface area is 91.7 Å². The van der Waals surface area contributed by atoms with Crippen LogP contribution in [0.5, 0.6) is 0 Å². The number of rotatable bonds is 3. The number of phosphoric ester groups is 1. The molecule has 1 aliphatic rings. The van der Waals surface area contributed by atoms with E-state index >= 15 is 0 Å². The third kappa shape index (κ3) is 3.47. The van der Waals surface area contributed by atoms with Crippen LogP contribution in [0.15, 0.2) is 0 Å². The van der Waals surface area contributed by atoms with Gasteiger partial charge in [0.25, 0.3) is 0 Å². The maximum atomic E-state index is 10.2. The predicted octanol–water partition coefficient (Wildman–Crippen LogP) is -2.95. The number of hydrogen-bond donors (Lipinski definition) is 3. The lowest BCUT2D eigenvalue weighted by Gasteiger charge is -2.43. The zero-order chi connectivity index (χ0) is 12.6. The van der Waals surface area contributed by atoms with Crippen LogP contribution >= 0.6 is 7.82 Å². The highest BCUT2D eigenvalue weighted by molar-refractivity contribution is 7.43. The lowest BCUT2D eigenvalue weighted by Crippen LogP contribution is -2.60. The predicted molar refractivity (Wildman–Crippen MR) is 45.7 cm³/mol. The van der Waals surface area contributed by atoms with E-state index in [4.69, 9.17) is 4.74 Å². The Balaban J connectivity index is 2.69. The maximum absolute atomic E-state index is 10.2. The summed E-state index contributed by atoms with van der Waals surface area (Å²) in [5.41, 5.74) is 0. The van der Waals surface area contributed by atoms with E-state index in [1.807, 2.05) is 0 Å². The number of hydrogen-bond acceptors (Lipinski definition) is 8. The molecule has 1 rings (SSSR count). The first-order valence-electron chi connectivity index (χ1n) is 4.57. The zero-order valence-corrected chi connectivity index (χ0v) is 9.37. The van der Waals surface area contributed by atoms with Crippen LogP contribution in [-0.2, 0) is 13.8 Å². The molecule has 0 saturated carbocycles. The summed E-state index contributed by atoms with van der Waals surface area (Å²) in [5, 5.41) is 28.4. The Morgan fingerprint density at radius 3 is 2.62 bits per heavy atom. The van der Waals surface area contributed by atoms with E-state index in [2.05, 4.69) is 4.52 Å². The smallest absolute Gasteiger partial charge is 0.219 e. The normalized spacial score (nSPS) is 41.0. The van der Waals surface area contributed by atoms with Crippen molar-refractivity contribution in [1.82, 2.24) is 0 Å². The Bertz CT molecular complexity index is 290. The van der Waals surface area contributed by atoms with E-state index < -0.39 is 38.5 Å². The van der Waals surface area contributed by atoms with E-state index in [0.717, 1.165) is 0 Å². The minimum absolute atomic E-state index is 0.0793. The average Bonchev–Trinajstić information content (AvgIpc) is 2.10. The van der Waals surface area contributed by atoms with Crippen LogP contribution in [-0.4, -0.2) is 46.0 Å². The summed E-state index contributed by atoms with van der Waals surface area (Å²) in [6.45, 7) is 0.452. The highest BCUT2D eigenvalue weighted by atomic mass is 31.2. The van der Waals surface area contributed by atoms with Crippen LogP contribution in [0, 0.1) is 0 Å². The maximum Gasteiger partial charge on any atom is 0.219 e. The monoisotopic (exact) mass is 256 g/mol. The molecule has 1 aliphatic heterocycles. The average molecular weight is 256 g/mol. The van der Waals surface area contributed by atoms with Gasteiger partial charge in [-0.1, -0.05) is 0 Å². The fourth-order valence-electron chi connectivity index (χ4n) is 1.53. The minimum Gasteiger partial charge on any atom is -0.790 e. The number of phosphoric acid groups is 1. The molecule has 3 unspecified atom stereocenters. The van der Waals surface area contributed by atoms with Gasteiger partial charge in [0, 0.05) is 6.42 Å². The molecule has 0 spiro atoms. The zero-order valence-electron chi connectivity index (χ0n) is 8.48. The molecule has 0 aliphatic carbocycles. The Kier molecular flexibility index (Phi) is 4.09. The second-order valence-corrected chi connectivity index (χ2v) is 4.89. The number of ether oxygens (including phenoxy) is 1. The van der Waals surface area contributed by atoms with Crippen molar-refractivity contribution < 1.29 is 38.9 Å². The van der Waals surface area contributed by atoms with Crippen molar-refractivity contribution in [1.29, 1.82) is 0 Å². The Morgan fingerprint density at radius 2 is 2.12 bits per heavy atom. The van der Waals surface area contributed by atoms with Crippen molar-refractivity contribution in [2.75, 3.05) is 6.61 Å². The van der Waals surface area contributed by atoms with Gasteiger partial charge in [-0.2, -0.15) is 0 Å². The molecule has 4 atom stereocenters. The molecule has 0 bridgehead atoms. The standard InChI is InChI=1S/C7H15O8P/c1-4-2-5(8)6(9)7(10,15-4)3-14-16(11,12)13/h4-6,8-10H,2-3H2,1H3,(H2,11,12,13)/p-2/t4?,5?,6?,7-/m1/s1. The van der Waals surface area contributed by atoms with Crippen molar-refractivity contribution in [2.24, 2.45) is 0 Å². The van der Waals surface area contributed by atoms with Crippen molar-refractivity contribution in [2.45, 2.75) is 37.4 Å². The number of aliphatic hydroxyl groups excluding tert-OH is 2. The summed E-state index contributed by atoms with van der Waals surface area (Å²) in [7, 11) is -5.27. The van der Waals surface area contributed by atoms with Crippen LogP contribution in [0.2, 0.25) is 0 Å². The summed E-state index contributed by atoms with van der Waals surface area (Å²) in [4.78, 5) is 20.5. The SMILES string of the molecule is CC1CC(O)C(O)[C@@](O)(COP(=O)([O-])[O-])O1. The lowest BCUT2D eigenvalue weighted by molar-refractivity contribution is -0.364. The molecule has 96 valence electrons. The molecule has 0 radical (unpaired) electrons. The second kappa shape index (κ2) is 4.67. The van der Waals surface area contributed by atoms with Crippen LogP contribution in [0.3, 0.4) is 0 Å². The van der Waals surface area contributed by atoms with Crippen LogP contribution in [0.1, 0.15) is 13.3 Å². The summed E-state index contributed by atoms with van der Waals surface area (Å²) in [6, 6.07) is 0. The topological polar surface area (TPSA) is 142 Å². The van der Waals surface area contributed by atoms with Crippen molar-refractivity contribution in [3.05, 3.63) is 0 Å². The van der Waals surface area contributed by atoms with Gasteiger partial charge in [-0.3, -0.25) is 0 Å². The molecule has 0 aromatic carbocycles. The van der Waals surface area contributed by atoms with Crippen LogP contribution in [0.25, 0.3) is 0 Å². The molecule has 1 heterocycles. The molecule has 9 heteroatoms. The summed E-state index contributed by atoms with van der Waals surface area (Å²) >= 11 is 0. The molecule has 0 aromatic rings. The third-order valence-corrected chi connectivity index (χ3v) is 2.68. The van der Waals surface area contributed by atoms with Gasteiger partial charge in [-0.15, -0.1) is 0 Å². The van der Waals surface area contributed by atoms with E-state index in [1.165, 1.54) is 6.92 Å². The van der Waals surface area contributed by atoms with Crippen molar-refractivity contribution in [3.8, 4) is 0 Å². The van der Waals surface area contributed by atoms with Gasteiger partial charge in [0.15, 0.2) is 0 Å². The Morgan fingerprint density at radius 1 is 1.56 bits per heavy atom. The first-order valence-corrected chi connectivity index (χ1v) is 6.03. The molecule has 0 amide bonds. The van der Waals surface area contributed by atoms with E-state index in [-0.39, 0.29) is 6.42 Å². The number of aliphatic hydroxyl groups is 3. The lowest BCUT2D eigenvalue weighted by atomic mass is 9.96. The van der Waals surface area contributed by atoms with E-state index in [0.29, 0.717) is 0 Å². The van der Waals surface area contributed by atoms with Gasteiger partial charge in [0.05, 0.1) is 20.0 Å². The second-order valence-electron chi connectivity index (χ2n) is 3.74. The third-order valence-electron chi connectivity index (χ3n) is 2.23. The fourth-order valence-corrected chi connectivity index (χ4v) is 1.87. The summed E-state index contributed by atoms with van der Waals surface area (Å²) in [5.74, 6) is -2.40.